The molecule has 0 aromatic carbocycles. The van der Waals surface area contributed by atoms with Crippen molar-refractivity contribution < 1.29 is 28.6 Å². The molecule has 0 N–H and O–H groups in total. The maximum Gasteiger partial charge on any atom is 0.306 e. The number of carbonyl (C=O) groups is 3. The first-order valence-electron chi connectivity index (χ1n) is 36.3. The first-order chi connectivity index (χ1) is 40.5. The van der Waals surface area contributed by atoms with E-state index in [-0.39, 0.29) is 31.1 Å². The Labute approximate surface area is 510 Å². The van der Waals surface area contributed by atoms with Gasteiger partial charge in [0.05, 0.1) is 0 Å². The van der Waals surface area contributed by atoms with E-state index in [1.807, 2.05) is 0 Å². The van der Waals surface area contributed by atoms with Crippen molar-refractivity contribution in [2.24, 2.45) is 0 Å². The second-order valence-electron chi connectivity index (χ2n) is 24.5. The van der Waals surface area contributed by atoms with E-state index < -0.39 is 6.10 Å². The summed E-state index contributed by atoms with van der Waals surface area (Å²) in [6, 6.07) is 0. The number of ether oxygens (including phenoxy) is 3. The summed E-state index contributed by atoms with van der Waals surface area (Å²) in [5.41, 5.74) is 0. The quantitative estimate of drug-likeness (QED) is 0.0261. The first-order valence-corrected chi connectivity index (χ1v) is 36.3. The van der Waals surface area contributed by atoms with E-state index in [0.29, 0.717) is 19.3 Å². The van der Waals surface area contributed by atoms with Gasteiger partial charge in [-0.25, -0.2) is 0 Å². The molecule has 478 valence electrons. The molecule has 0 aromatic rings. The summed E-state index contributed by atoms with van der Waals surface area (Å²) in [4.78, 5) is 38.4. The molecule has 0 spiro atoms. The first kappa shape index (κ1) is 79.1. The van der Waals surface area contributed by atoms with Crippen LogP contribution in [-0.4, -0.2) is 37.2 Å². The van der Waals surface area contributed by atoms with Crippen LogP contribution in [0.5, 0.6) is 0 Å². The number of esters is 3. The summed E-state index contributed by atoms with van der Waals surface area (Å²) in [6.45, 7) is 6.62. The van der Waals surface area contributed by atoms with E-state index in [0.717, 1.165) is 96.3 Å². The molecule has 0 rings (SSSR count). The number of rotatable bonds is 67. The van der Waals surface area contributed by atoms with Gasteiger partial charge >= 0.3 is 17.9 Å². The summed E-state index contributed by atoms with van der Waals surface area (Å²) in [6.07, 6.45) is 91.2. The molecule has 0 aromatic heterocycles. The van der Waals surface area contributed by atoms with E-state index in [9.17, 15) is 14.4 Å². The molecule has 1 atom stereocenters. The van der Waals surface area contributed by atoms with Crippen LogP contribution >= 0.6 is 0 Å². The molecule has 6 nitrogen and oxygen atoms in total. The van der Waals surface area contributed by atoms with Crippen LogP contribution in [0, 0.1) is 0 Å². The second kappa shape index (κ2) is 70.6. The van der Waals surface area contributed by atoms with Crippen molar-refractivity contribution in [3.8, 4) is 0 Å². The lowest BCUT2D eigenvalue weighted by atomic mass is 10.0. The molecule has 1 unspecified atom stereocenters. The Morgan fingerprint density at radius 1 is 0.244 bits per heavy atom. The SMILES string of the molecule is CCC/C=C\C/C=C\CCCCCCCC(=O)OCC(COC(=O)CCCCCCCCCCCCCCCCCC/C=C\C/C=C\C/C=C\CCCCCCC)OC(=O)CCCCCCCCCCCCCCCCCCCCCC. The fraction of sp³-hybridized carbons (Fsp3) is 0.829. The predicted octanol–water partition coefficient (Wildman–Crippen LogP) is 25.1. The lowest BCUT2D eigenvalue weighted by Gasteiger charge is -2.18. The van der Waals surface area contributed by atoms with Crippen molar-refractivity contribution in [3.05, 3.63) is 60.8 Å². The number of hydrogen-bond donors (Lipinski definition) is 0. The zero-order valence-corrected chi connectivity index (χ0v) is 55.0. The minimum Gasteiger partial charge on any atom is -0.462 e. The fourth-order valence-corrected chi connectivity index (χ4v) is 10.8. The van der Waals surface area contributed by atoms with Crippen LogP contribution in [0.25, 0.3) is 0 Å². The number of unbranched alkanes of at least 4 members (excludes halogenated alkanes) is 46. The van der Waals surface area contributed by atoms with Crippen LogP contribution in [0.15, 0.2) is 60.8 Å². The maximum absolute atomic E-state index is 12.9. The van der Waals surface area contributed by atoms with Gasteiger partial charge in [-0.15, -0.1) is 0 Å². The van der Waals surface area contributed by atoms with Gasteiger partial charge in [0.25, 0.3) is 0 Å². The minimum absolute atomic E-state index is 0.0740. The van der Waals surface area contributed by atoms with Crippen molar-refractivity contribution in [3.63, 3.8) is 0 Å². The number of allylic oxidation sites excluding steroid dienone is 10. The topological polar surface area (TPSA) is 78.9 Å². The lowest BCUT2D eigenvalue weighted by molar-refractivity contribution is -0.167. The van der Waals surface area contributed by atoms with E-state index in [1.165, 1.54) is 250 Å². The molecule has 0 saturated carbocycles. The summed E-state index contributed by atoms with van der Waals surface area (Å²) in [7, 11) is 0. The molecule has 0 radical (unpaired) electrons. The average molecular weight is 1150 g/mol. The third-order valence-electron chi connectivity index (χ3n) is 16.2. The molecule has 0 saturated heterocycles. The van der Waals surface area contributed by atoms with Gasteiger partial charge in [-0.05, 0) is 83.5 Å². The van der Waals surface area contributed by atoms with Crippen LogP contribution in [0.2, 0.25) is 0 Å². The van der Waals surface area contributed by atoms with E-state index in [1.54, 1.807) is 0 Å². The molecule has 0 bridgehead atoms. The predicted molar refractivity (Wildman–Crippen MR) is 358 cm³/mol. The largest absolute Gasteiger partial charge is 0.462 e. The highest BCUT2D eigenvalue weighted by Gasteiger charge is 2.19. The number of carbonyl (C=O) groups excluding carboxylic acids is 3. The molecule has 0 fully saturated rings. The van der Waals surface area contributed by atoms with Gasteiger partial charge in [0.15, 0.2) is 6.10 Å². The van der Waals surface area contributed by atoms with Gasteiger partial charge in [-0.2, -0.15) is 0 Å². The maximum atomic E-state index is 12.9. The molecule has 0 aliphatic rings. The molecule has 0 heterocycles. The van der Waals surface area contributed by atoms with Crippen molar-refractivity contribution in [1.29, 1.82) is 0 Å². The van der Waals surface area contributed by atoms with Gasteiger partial charge in [0.1, 0.15) is 13.2 Å². The Morgan fingerprint density at radius 2 is 0.463 bits per heavy atom. The summed E-state index contributed by atoms with van der Waals surface area (Å²) in [5.74, 6) is -0.863. The zero-order chi connectivity index (χ0) is 59.2. The summed E-state index contributed by atoms with van der Waals surface area (Å²) < 4.78 is 17.0. The Bertz CT molecular complexity index is 1460. The summed E-state index contributed by atoms with van der Waals surface area (Å²) in [5, 5.41) is 0. The van der Waals surface area contributed by atoms with Crippen molar-refractivity contribution in [2.45, 2.75) is 393 Å². The fourth-order valence-electron chi connectivity index (χ4n) is 10.8. The van der Waals surface area contributed by atoms with Crippen molar-refractivity contribution in [2.75, 3.05) is 13.2 Å². The smallest absolute Gasteiger partial charge is 0.306 e. The molecule has 0 amide bonds. The third kappa shape index (κ3) is 67.9. The van der Waals surface area contributed by atoms with E-state index in [4.69, 9.17) is 14.2 Å². The highest BCUT2D eigenvalue weighted by Crippen LogP contribution is 2.18. The van der Waals surface area contributed by atoms with E-state index >= 15 is 0 Å². The van der Waals surface area contributed by atoms with Crippen LogP contribution < -0.4 is 0 Å². The molecule has 0 aliphatic carbocycles. The molecule has 0 aliphatic heterocycles. The molecular formula is C76H138O6. The number of hydrogen-bond acceptors (Lipinski definition) is 6. The highest BCUT2D eigenvalue weighted by atomic mass is 16.6. The molecular weight excluding hydrogens is 1010 g/mol. The van der Waals surface area contributed by atoms with Gasteiger partial charge in [-0.3, -0.25) is 14.4 Å². The van der Waals surface area contributed by atoms with Crippen LogP contribution in [-0.2, 0) is 28.6 Å². The van der Waals surface area contributed by atoms with Crippen molar-refractivity contribution >= 4 is 17.9 Å². The highest BCUT2D eigenvalue weighted by molar-refractivity contribution is 5.71. The van der Waals surface area contributed by atoms with E-state index in [2.05, 4.69) is 81.5 Å². The average Bonchev–Trinajstić information content (AvgIpc) is 3.47. The minimum atomic E-state index is -0.778. The van der Waals surface area contributed by atoms with Gasteiger partial charge in [-0.1, -0.05) is 345 Å². The van der Waals surface area contributed by atoms with Gasteiger partial charge in [0.2, 0.25) is 0 Å². The Balaban J connectivity index is 4.18. The Kier molecular flexibility index (Phi) is 68.1. The Hall–Kier alpha value is -2.89. The third-order valence-corrected chi connectivity index (χ3v) is 16.2. The van der Waals surface area contributed by atoms with Crippen molar-refractivity contribution in [1.82, 2.24) is 0 Å². The monoisotopic (exact) mass is 1150 g/mol. The Morgan fingerprint density at radius 3 is 0.732 bits per heavy atom. The van der Waals surface area contributed by atoms with Crippen LogP contribution in [0.3, 0.4) is 0 Å². The molecule has 6 heteroatoms. The van der Waals surface area contributed by atoms with Gasteiger partial charge in [0, 0.05) is 19.3 Å². The zero-order valence-electron chi connectivity index (χ0n) is 55.0. The second-order valence-corrected chi connectivity index (χ2v) is 24.5. The molecule has 82 heavy (non-hydrogen) atoms. The lowest BCUT2D eigenvalue weighted by Crippen LogP contribution is -2.30. The van der Waals surface area contributed by atoms with Gasteiger partial charge < -0.3 is 14.2 Å². The standard InChI is InChI=1S/C76H138O6/c1-4-7-10-13-16-19-22-25-27-29-31-33-34-35-36-37-38-39-40-41-42-43-45-46-48-51-54-57-60-63-66-69-75(78)81-72-73(71-80-74(77)68-65-62-59-56-53-50-24-21-18-15-12-9-6-3)82-76(79)70-67-64-61-58-55-52-49-47-44-32-30-28-26-23-20-17-14-11-8-5-2/h12,15,21-22,24-25,29,31,34-35,73H,4-11,13-14,16-20,23,26-28,30,32-33,36-72H2,1-3H3/b15-12-,24-21-,25-22-,31-29-,35-34-. The van der Waals surface area contributed by atoms with Crippen LogP contribution in [0.1, 0.15) is 387 Å². The normalized spacial score (nSPS) is 12.4. The van der Waals surface area contributed by atoms with Crippen LogP contribution in [0.4, 0.5) is 0 Å². The summed E-state index contributed by atoms with van der Waals surface area (Å²) >= 11 is 0.